The summed E-state index contributed by atoms with van der Waals surface area (Å²) >= 11 is -0.0510. The van der Waals surface area contributed by atoms with Gasteiger partial charge in [-0.1, -0.05) is 0 Å². The van der Waals surface area contributed by atoms with Crippen LogP contribution in [0.4, 0.5) is 0 Å². The molecular weight excluding hydrogens is 261 g/mol. The van der Waals surface area contributed by atoms with Gasteiger partial charge in [-0.25, -0.2) is 0 Å². The van der Waals surface area contributed by atoms with E-state index in [0.717, 1.165) is 0 Å². The average Bonchev–Trinajstić information content (AvgIpc) is 2.02. The number of nitroso groups, excluding NO2 is 1. The predicted molar refractivity (Wildman–Crippen MR) is 38.1 cm³/mol. The van der Waals surface area contributed by atoms with Crippen LogP contribution in [0.2, 0.25) is 0 Å². The maximum absolute atomic E-state index is 9.94. The third-order valence-corrected chi connectivity index (χ3v) is 3.15. The first kappa shape index (κ1) is 11.2. The molecule has 0 heterocycles. The van der Waals surface area contributed by atoms with Crippen LogP contribution >= 0.6 is 0 Å². The third-order valence-electron chi connectivity index (χ3n) is 1.37. The van der Waals surface area contributed by atoms with E-state index in [0.29, 0.717) is 4.43 Å². The summed E-state index contributed by atoms with van der Waals surface area (Å²) < 4.78 is 0.611. The molecule has 0 aliphatic rings. The zero-order valence-electron chi connectivity index (χ0n) is 6.57. The van der Waals surface area contributed by atoms with E-state index in [1.165, 1.54) is 6.92 Å². The van der Waals surface area contributed by atoms with Gasteiger partial charge in [-0.05, 0) is 0 Å². The van der Waals surface area contributed by atoms with Crippen molar-refractivity contribution in [3.05, 3.63) is 4.91 Å². The van der Waals surface area contributed by atoms with E-state index in [-0.39, 0.29) is 21.2 Å². The maximum atomic E-state index is 9.94. The van der Waals surface area contributed by atoms with E-state index in [1.54, 1.807) is 0 Å². The van der Waals surface area contributed by atoms with Crippen molar-refractivity contribution in [3.63, 3.8) is 0 Å². The number of aliphatic hydroxyl groups excluding tert-OH is 2. The number of halogens is 1. The second-order valence-corrected chi connectivity index (χ2v) is 4.73. The van der Waals surface area contributed by atoms with Crippen LogP contribution in [0.15, 0.2) is 5.18 Å². The summed E-state index contributed by atoms with van der Waals surface area (Å²) in [6, 6.07) is -0.708. The van der Waals surface area contributed by atoms with Crippen molar-refractivity contribution in [2.75, 3.05) is 9.36 Å². The summed E-state index contributed by atoms with van der Waals surface area (Å²) in [7, 11) is 0. The number of hydrogen-bond donors (Lipinski definition) is 2. The Balaban J connectivity index is 3.79. The van der Waals surface area contributed by atoms with Gasteiger partial charge in [0.25, 0.3) is 0 Å². The fraction of sp³-hybridized carbons (Fsp3) is 1.00. The van der Waals surface area contributed by atoms with Crippen LogP contribution in [0.1, 0.15) is 6.92 Å². The Morgan fingerprint density at radius 3 is 2.45 bits per heavy atom. The number of alkyl halides is 2. The quantitative estimate of drug-likeness (QED) is 0.312. The average molecular weight is 274 g/mol. The Hall–Kier alpha value is 0.250. The Morgan fingerprint density at radius 2 is 2.09 bits per heavy atom. The number of nitrogens with zero attached hydrogens (tertiary/aromatic N) is 1. The van der Waals surface area contributed by atoms with Crippen molar-refractivity contribution in [1.82, 2.24) is 0 Å². The first-order valence-corrected chi connectivity index (χ1v) is 6.94. The van der Waals surface area contributed by atoms with Crippen molar-refractivity contribution in [3.8, 4) is 0 Å². The molecule has 0 saturated heterocycles. The third kappa shape index (κ3) is 3.97. The molecule has 0 amide bonds. The number of hydrogen-bond acceptors (Lipinski definition) is 4. The van der Waals surface area contributed by atoms with Gasteiger partial charge in [0.2, 0.25) is 0 Å². The van der Waals surface area contributed by atoms with Crippen molar-refractivity contribution < 1.29 is 31.4 Å². The van der Waals surface area contributed by atoms with E-state index in [2.05, 4.69) is 5.18 Å². The zero-order chi connectivity index (χ0) is 8.85. The van der Waals surface area contributed by atoms with E-state index < -0.39 is 18.2 Å². The Morgan fingerprint density at radius 1 is 1.55 bits per heavy atom. The molecule has 0 aromatic rings. The van der Waals surface area contributed by atoms with Gasteiger partial charge in [0.15, 0.2) is 0 Å². The van der Waals surface area contributed by atoms with Crippen LogP contribution < -0.4 is 21.2 Å². The van der Waals surface area contributed by atoms with Crippen LogP contribution in [0.5, 0.6) is 0 Å². The minimum atomic E-state index is -0.993. The summed E-state index contributed by atoms with van der Waals surface area (Å²) in [4.78, 5) is 12.0. The molecule has 68 valence electrons. The normalized spacial score (nSPS) is 19.3. The Bertz CT molecular complexity index is 122. The standard InChI is InChI=1S/C6H13INO3/c1-4(8-11)6(10)5(9)3-7-2/h4-6,9-10H,3H2,1-2H3/q-1/t4-,5?,6?/m1/s1. The van der Waals surface area contributed by atoms with Gasteiger partial charge in [-0.15, -0.1) is 0 Å². The SMILES string of the molecule is C[I-]CC(O)C(O)[C@@H](C)N=O. The van der Waals surface area contributed by atoms with E-state index >= 15 is 0 Å². The number of rotatable bonds is 5. The first-order valence-electron chi connectivity index (χ1n) is 3.25. The van der Waals surface area contributed by atoms with Crippen LogP contribution in [-0.4, -0.2) is 37.8 Å². The summed E-state index contributed by atoms with van der Waals surface area (Å²) in [6.07, 6.45) is -1.77. The molecular formula is C6H13INO3-. The monoisotopic (exact) mass is 274 g/mol. The van der Waals surface area contributed by atoms with Gasteiger partial charge in [-0.2, -0.15) is 0 Å². The second-order valence-electron chi connectivity index (χ2n) is 2.33. The molecule has 4 nitrogen and oxygen atoms in total. The summed E-state index contributed by atoms with van der Waals surface area (Å²) in [5.41, 5.74) is 0. The zero-order valence-corrected chi connectivity index (χ0v) is 8.72. The summed E-state index contributed by atoms with van der Waals surface area (Å²) in [5.74, 6) is 0. The Labute approximate surface area is 76.2 Å². The molecule has 0 aliphatic heterocycles. The molecule has 2 unspecified atom stereocenters. The molecule has 5 heteroatoms. The molecule has 0 saturated carbocycles. The molecule has 0 bridgehead atoms. The van der Waals surface area contributed by atoms with Crippen LogP contribution in [0.25, 0.3) is 0 Å². The molecule has 0 aliphatic carbocycles. The molecule has 3 atom stereocenters. The predicted octanol–water partition coefficient (Wildman–Crippen LogP) is -3.42. The van der Waals surface area contributed by atoms with Gasteiger partial charge in [-0.3, -0.25) is 0 Å². The van der Waals surface area contributed by atoms with Crippen LogP contribution in [0.3, 0.4) is 0 Å². The van der Waals surface area contributed by atoms with Gasteiger partial charge in [0, 0.05) is 0 Å². The van der Waals surface area contributed by atoms with Crippen molar-refractivity contribution in [2.45, 2.75) is 25.2 Å². The van der Waals surface area contributed by atoms with Crippen molar-refractivity contribution in [1.29, 1.82) is 0 Å². The molecule has 0 spiro atoms. The molecule has 11 heavy (non-hydrogen) atoms. The van der Waals surface area contributed by atoms with Gasteiger partial charge < -0.3 is 0 Å². The van der Waals surface area contributed by atoms with Crippen molar-refractivity contribution in [2.24, 2.45) is 5.18 Å². The van der Waals surface area contributed by atoms with Gasteiger partial charge in [0.1, 0.15) is 0 Å². The van der Waals surface area contributed by atoms with Crippen molar-refractivity contribution >= 4 is 0 Å². The Kier molecular flexibility index (Phi) is 5.98. The first-order chi connectivity index (χ1) is 5.13. The van der Waals surface area contributed by atoms with Crippen LogP contribution in [0, 0.1) is 4.91 Å². The van der Waals surface area contributed by atoms with Gasteiger partial charge >= 0.3 is 76.0 Å². The number of aliphatic hydroxyl groups is 2. The van der Waals surface area contributed by atoms with Crippen LogP contribution in [-0.2, 0) is 0 Å². The summed E-state index contributed by atoms with van der Waals surface area (Å²) in [6.45, 7) is 1.49. The minimum absolute atomic E-state index is 0.0510. The molecule has 0 aromatic heterocycles. The van der Waals surface area contributed by atoms with E-state index in [9.17, 15) is 15.1 Å². The molecule has 0 rings (SSSR count). The van der Waals surface area contributed by atoms with Gasteiger partial charge in [0.05, 0.1) is 0 Å². The molecule has 0 aromatic carbocycles. The fourth-order valence-corrected chi connectivity index (χ4v) is 2.06. The molecule has 0 radical (unpaired) electrons. The second kappa shape index (κ2) is 5.84. The molecule has 0 fully saturated rings. The fourth-order valence-electron chi connectivity index (χ4n) is 0.633. The van der Waals surface area contributed by atoms with E-state index in [4.69, 9.17) is 0 Å². The van der Waals surface area contributed by atoms with E-state index in [1.807, 2.05) is 4.93 Å². The summed E-state index contributed by atoms with van der Waals surface area (Å²) in [5, 5.41) is 21.0. The topological polar surface area (TPSA) is 69.9 Å². The molecule has 2 N–H and O–H groups in total.